The van der Waals surface area contributed by atoms with Gasteiger partial charge in [0.25, 0.3) is 5.91 Å². The van der Waals surface area contributed by atoms with Crippen molar-refractivity contribution in [3.63, 3.8) is 0 Å². The molecule has 1 aliphatic heterocycles. The third-order valence-electron chi connectivity index (χ3n) is 3.38. The van der Waals surface area contributed by atoms with Gasteiger partial charge in [-0.25, -0.2) is 13.2 Å². The average molecular weight is 289 g/mol. The van der Waals surface area contributed by atoms with Gasteiger partial charge in [0.15, 0.2) is 17.5 Å². The van der Waals surface area contributed by atoms with E-state index >= 15 is 0 Å². The van der Waals surface area contributed by atoms with Crippen LogP contribution in [0.25, 0.3) is 0 Å². The normalized spacial score (nSPS) is 23.5. The Morgan fingerprint density at radius 3 is 2.42 bits per heavy atom. The zero-order valence-electron chi connectivity index (χ0n) is 10.6. The van der Waals surface area contributed by atoms with Crippen LogP contribution in [0.1, 0.15) is 24.2 Å². The molecule has 0 aromatic heterocycles. The Kier molecular flexibility index (Phi) is 4.08. The van der Waals surface area contributed by atoms with Crippen LogP contribution in [0.3, 0.4) is 0 Å². The first-order chi connectivity index (χ1) is 8.91. The summed E-state index contributed by atoms with van der Waals surface area (Å²) in [6, 6.07) is 1.47. The Hall–Kier alpha value is -1.17. The number of hydrogen-bond donors (Lipinski definition) is 0. The summed E-state index contributed by atoms with van der Waals surface area (Å²) in [6.07, 6.45) is 0. The van der Waals surface area contributed by atoms with E-state index in [9.17, 15) is 18.0 Å². The number of thioether (sulfide) groups is 1. The Morgan fingerprint density at radius 1 is 1.26 bits per heavy atom. The second-order valence-electron chi connectivity index (χ2n) is 4.57. The van der Waals surface area contributed by atoms with Gasteiger partial charge in [-0.2, -0.15) is 11.8 Å². The van der Waals surface area contributed by atoms with Crippen molar-refractivity contribution in [1.82, 2.24) is 4.90 Å². The largest absolute Gasteiger partial charge is 0.334 e. The van der Waals surface area contributed by atoms with E-state index in [0.717, 1.165) is 17.9 Å². The highest BCUT2D eigenvalue weighted by molar-refractivity contribution is 8.00. The van der Waals surface area contributed by atoms with Gasteiger partial charge in [0.05, 0.1) is 0 Å². The van der Waals surface area contributed by atoms with Gasteiger partial charge in [0, 0.05) is 29.2 Å². The lowest BCUT2D eigenvalue weighted by molar-refractivity contribution is 0.0697. The Labute approximate surface area is 114 Å². The lowest BCUT2D eigenvalue weighted by Crippen LogP contribution is -2.48. The standard InChI is InChI=1S/C13H14F3NOS/c1-7-8(2)19-4-3-17(7)13(18)9-5-10(14)12(16)11(15)6-9/h5-8H,3-4H2,1-2H3/t7-,8+/m1/s1. The summed E-state index contributed by atoms with van der Waals surface area (Å²) < 4.78 is 39.2. The second kappa shape index (κ2) is 5.45. The maximum absolute atomic E-state index is 13.2. The Balaban J connectivity index is 2.29. The number of hydrogen-bond acceptors (Lipinski definition) is 2. The lowest BCUT2D eigenvalue weighted by atomic mass is 10.1. The van der Waals surface area contributed by atoms with E-state index in [1.807, 2.05) is 13.8 Å². The van der Waals surface area contributed by atoms with Crippen LogP contribution in [0, 0.1) is 17.5 Å². The van der Waals surface area contributed by atoms with Crippen molar-refractivity contribution in [2.75, 3.05) is 12.3 Å². The van der Waals surface area contributed by atoms with Gasteiger partial charge < -0.3 is 4.90 Å². The maximum Gasteiger partial charge on any atom is 0.254 e. The Morgan fingerprint density at radius 2 is 1.84 bits per heavy atom. The van der Waals surface area contributed by atoms with Crippen LogP contribution in [0.15, 0.2) is 12.1 Å². The molecule has 0 unspecified atom stereocenters. The van der Waals surface area contributed by atoms with E-state index in [2.05, 4.69) is 0 Å². The molecule has 1 heterocycles. The summed E-state index contributed by atoms with van der Waals surface area (Å²) in [7, 11) is 0. The highest BCUT2D eigenvalue weighted by Gasteiger charge is 2.30. The van der Waals surface area contributed by atoms with E-state index in [4.69, 9.17) is 0 Å². The quantitative estimate of drug-likeness (QED) is 0.741. The molecule has 1 aromatic carbocycles. The molecule has 0 spiro atoms. The smallest absolute Gasteiger partial charge is 0.254 e. The summed E-state index contributed by atoms with van der Waals surface area (Å²) >= 11 is 1.75. The lowest BCUT2D eigenvalue weighted by Gasteiger charge is -2.37. The fourth-order valence-corrected chi connectivity index (χ4v) is 3.16. The molecule has 0 saturated carbocycles. The second-order valence-corrected chi connectivity index (χ2v) is 6.05. The summed E-state index contributed by atoms with van der Waals surface area (Å²) in [5.74, 6) is -3.90. The summed E-state index contributed by atoms with van der Waals surface area (Å²) in [4.78, 5) is 13.8. The van der Waals surface area contributed by atoms with Gasteiger partial charge in [0.1, 0.15) is 0 Å². The Bertz CT molecular complexity index is 486. The minimum atomic E-state index is -1.55. The molecule has 0 bridgehead atoms. The first-order valence-corrected chi connectivity index (χ1v) is 7.03. The molecular formula is C13H14F3NOS. The first-order valence-electron chi connectivity index (χ1n) is 5.99. The number of carbonyl (C=O) groups excluding carboxylic acids is 1. The molecule has 0 radical (unpaired) electrons. The number of amides is 1. The van der Waals surface area contributed by atoms with Gasteiger partial charge in [-0.3, -0.25) is 4.79 Å². The van der Waals surface area contributed by atoms with Crippen molar-refractivity contribution in [1.29, 1.82) is 0 Å². The summed E-state index contributed by atoms with van der Waals surface area (Å²) in [5.41, 5.74) is -0.151. The van der Waals surface area contributed by atoms with E-state index in [1.165, 1.54) is 0 Å². The minimum Gasteiger partial charge on any atom is -0.334 e. The van der Waals surface area contributed by atoms with Gasteiger partial charge in [-0.15, -0.1) is 0 Å². The molecule has 1 aliphatic rings. The van der Waals surface area contributed by atoms with E-state index in [-0.39, 0.29) is 16.9 Å². The fourth-order valence-electron chi connectivity index (χ4n) is 2.06. The number of rotatable bonds is 1. The molecule has 1 fully saturated rings. The zero-order valence-corrected chi connectivity index (χ0v) is 11.4. The van der Waals surface area contributed by atoms with Crippen LogP contribution >= 0.6 is 11.8 Å². The van der Waals surface area contributed by atoms with Crippen molar-refractivity contribution in [2.45, 2.75) is 25.1 Å². The van der Waals surface area contributed by atoms with Crippen molar-refractivity contribution in [3.8, 4) is 0 Å². The van der Waals surface area contributed by atoms with Crippen LogP contribution < -0.4 is 0 Å². The van der Waals surface area contributed by atoms with Crippen molar-refractivity contribution in [2.24, 2.45) is 0 Å². The van der Waals surface area contributed by atoms with Crippen LogP contribution in [-0.2, 0) is 0 Å². The summed E-state index contributed by atoms with van der Waals surface area (Å²) in [6.45, 7) is 4.42. The number of halogens is 3. The van der Waals surface area contributed by atoms with Crippen LogP contribution in [0.2, 0.25) is 0 Å². The van der Waals surface area contributed by atoms with E-state index in [1.54, 1.807) is 16.7 Å². The van der Waals surface area contributed by atoms with E-state index in [0.29, 0.717) is 6.54 Å². The molecule has 6 heteroatoms. The van der Waals surface area contributed by atoms with Crippen LogP contribution in [0.5, 0.6) is 0 Å². The average Bonchev–Trinajstić information content (AvgIpc) is 2.38. The van der Waals surface area contributed by atoms with Crippen LogP contribution in [-0.4, -0.2) is 34.4 Å². The molecule has 2 nitrogen and oxygen atoms in total. The molecule has 19 heavy (non-hydrogen) atoms. The molecule has 0 N–H and O–H groups in total. The first kappa shape index (κ1) is 14.2. The number of nitrogens with zero attached hydrogens (tertiary/aromatic N) is 1. The van der Waals surface area contributed by atoms with E-state index < -0.39 is 23.4 Å². The SMILES string of the molecule is C[C@@H]1SCCN(C(=O)c2cc(F)c(F)c(F)c2)[C@@H]1C. The predicted octanol–water partition coefficient (Wildman–Crippen LogP) is 3.07. The number of benzene rings is 1. The summed E-state index contributed by atoms with van der Waals surface area (Å²) in [5, 5.41) is 0.257. The molecule has 1 aromatic rings. The van der Waals surface area contributed by atoms with Gasteiger partial charge >= 0.3 is 0 Å². The minimum absolute atomic E-state index is 0.0255. The van der Waals surface area contributed by atoms with Gasteiger partial charge in [-0.05, 0) is 19.1 Å². The zero-order chi connectivity index (χ0) is 14.2. The third-order valence-corrected chi connectivity index (χ3v) is 4.71. The van der Waals surface area contributed by atoms with Crippen molar-refractivity contribution >= 4 is 17.7 Å². The molecular weight excluding hydrogens is 275 g/mol. The molecule has 104 valence electrons. The van der Waals surface area contributed by atoms with Crippen molar-refractivity contribution < 1.29 is 18.0 Å². The van der Waals surface area contributed by atoms with Gasteiger partial charge in [0.2, 0.25) is 0 Å². The van der Waals surface area contributed by atoms with Crippen molar-refractivity contribution in [3.05, 3.63) is 35.1 Å². The molecule has 1 amide bonds. The molecule has 0 aliphatic carbocycles. The predicted molar refractivity (Wildman–Crippen MR) is 68.7 cm³/mol. The number of carbonyl (C=O) groups is 1. The maximum atomic E-state index is 13.2. The molecule has 1 saturated heterocycles. The topological polar surface area (TPSA) is 20.3 Å². The molecule has 2 atom stereocenters. The monoisotopic (exact) mass is 289 g/mol. The third kappa shape index (κ3) is 2.73. The highest BCUT2D eigenvalue weighted by Crippen LogP contribution is 2.26. The highest BCUT2D eigenvalue weighted by atomic mass is 32.2. The molecule has 2 rings (SSSR count). The van der Waals surface area contributed by atoms with Gasteiger partial charge in [-0.1, -0.05) is 6.92 Å². The van der Waals surface area contributed by atoms with Crippen LogP contribution in [0.4, 0.5) is 13.2 Å². The fraction of sp³-hybridized carbons (Fsp3) is 0.462.